The average Bonchev–Trinajstić information content (AvgIpc) is 3.08. The summed E-state index contributed by atoms with van der Waals surface area (Å²) >= 11 is 0. The van der Waals surface area contributed by atoms with Gasteiger partial charge in [-0.25, -0.2) is 4.79 Å². The molecule has 1 aliphatic heterocycles. The van der Waals surface area contributed by atoms with Gasteiger partial charge in [0, 0.05) is 5.56 Å². The van der Waals surface area contributed by atoms with Crippen LogP contribution in [0.5, 0.6) is 0 Å². The highest BCUT2D eigenvalue weighted by Gasteiger charge is 2.51. The Morgan fingerprint density at radius 3 is 2.47 bits per heavy atom. The van der Waals surface area contributed by atoms with Crippen molar-refractivity contribution in [3.05, 3.63) is 35.9 Å². The Kier molecular flexibility index (Phi) is 2.51. The number of hydrogen-bond donors (Lipinski definition) is 0. The molecule has 0 N–H and O–H groups in total. The summed E-state index contributed by atoms with van der Waals surface area (Å²) in [6.07, 6.45) is -1.39. The van der Waals surface area contributed by atoms with E-state index >= 15 is 0 Å². The summed E-state index contributed by atoms with van der Waals surface area (Å²) in [6.45, 7) is 0. The van der Waals surface area contributed by atoms with Crippen LogP contribution in [0.3, 0.4) is 0 Å². The molecule has 78 valence electrons. The van der Waals surface area contributed by atoms with E-state index in [0.717, 1.165) is 0 Å². The van der Waals surface area contributed by atoms with Crippen molar-refractivity contribution in [2.75, 3.05) is 7.11 Å². The molecule has 1 saturated heterocycles. The monoisotopic (exact) mass is 206 g/mol. The third kappa shape index (κ3) is 1.89. The van der Waals surface area contributed by atoms with E-state index in [4.69, 9.17) is 4.74 Å². The molecule has 2 rings (SSSR count). The van der Waals surface area contributed by atoms with Gasteiger partial charge >= 0.3 is 5.97 Å². The molecule has 0 radical (unpaired) electrons. The molecule has 0 aromatic heterocycles. The molecular formula is C11H10O4. The number of epoxide rings is 1. The number of esters is 1. The van der Waals surface area contributed by atoms with Crippen LogP contribution in [0.4, 0.5) is 0 Å². The summed E-state index contributed by atoms with van der Waals surface area (Å²) in [4.78, 5) is 22.7. The smallest absolute Gasteiger partial charge is 0.338 e. The van der Waals surface area contributed by atoms with Crippen LogP contribution in [0.15, 0.2) is 30.3 Å². The Bertz CT molecular complexity index is 385. The molecule has 2 atom stereocenters. The number of carbonyl (C=O) groups excluding carboxylic acids is 2. The Morgan fingerprint density at radius 1 is 1.20 bits per heavy atom. The standard InChI is InChI=1S/C11H10O4/c1-14-11(13)10-9(15-10)8(12)7-5-3-2-4-6-7/h2-6,9-10H,1H3. The number of benzene rings is 1. The van der Waals surface area contributed by atoms with Crippen molar-refractivity contribution in [2.24, 2.45) is 0 Å². The summed E-state index contributed by atoms with van der Waals surface area (Å²) in [5.74, 6) is -0.671. The number of Topliss-reactive ketones (excluding diaryl/α,β-unsaturated/α-hetero) is 1. The summed E-state index contributed by atoms with van der Waals surface area (Å²) in [5.41, 5.74) is 0.550. The number of ketones is 1. The highest BCUT2D eigenvalue weighted by molar-refractivity contribution is 6.04. The molecule has 15 heavy (non-hydrogen) atoms. The molecule has 4 nitrogen and oxygen atoms in total. The SMILES string of the molecule is COC(=O)C1OC1C(=O)c1ccccc1. The van der Waals surface area contributed by atoms with Crippen molar-refractivity contribution in [1.29, 1.82) is 0 Å². The zero-order chi connectivity index (χ0) is 10.8. The van der Waals surface area contributed by atoms with Crippen LogP contribution in [0.2, 0.25) is 0 Å². The van der Waals surface area contributed by atoms with Crippen molar-refractivity contribution >= 4 is 11.8 Å². The largest absolute Gasteiger partial charge is 0.467 e. The van der Waals surface area contributed by atoms with Gasteiger partial charge in [-0.15, -0.1) is 0 Å². The highest BCUT2D eigenvalue weighted by Crippen LogP contribution is 2.26. The van der Waals surface area contributed by atoms with Gasteiger partial charge in [-0.2, -0.15) is 0 Å². The second-order valence-corrected chi connectivity index (χ2v) is 3.23. The number of carbonyl (C=O) groups is 2. The maximum Gasteiger partial charge on any atom is 0.338 e. The molecule has 1 aromatic rings. The molecule has 0 aliphatic carbocycles. The first-order valence-electron chi connectivity index (χ1n) is 4.56. The van der Waals surface area contributed by atoms with Gasteiger partial charge in [-0.3, -0.25) is 4.79 Å². The van der Waals surface area contributed by atoms with Gasteiger partial charge in [-0.1, -0.05) is 30.3 Å². The lowest BCUT2D eigenvalue weighted by Gasteiger charge is -1.95. The Morgan fingerprint density at radius 2 is 1.87 bits per heavy atom. The van der Waals surface area contributed by atoms with Crippen LogP contribution < -0.4 is 0 Å². The second-order valence-electron chi connectivity index (χ2n) is 3.23. The minimum absolute atomic E-state index is 0.175. The first-order valence-corrected chi connectivity index (χ1v) is 4.56. The van der Waals surface area contributed by atoms with E-state index < -0.39 is 18.2 Å². The average molecular weight is 206 g/mol. The molecule has 0 bridgehead atoms. The van der Waals surface area contributed by atoms with Crippen LogP contribution in [0.25, 0.3) is 0 Å². The van der Waals surface area contributed by atoms with Crippen LogP contribution >= 0.6 is 0 Å². The number of rotatable bonds is 3. The van der Waals surface area contributed by atoms with Gasteiger partial charge in [-0.05, 0) is 0 Å². The van der Waals surface area contributed by atoms with Crippen molar-refractivity contribution < 1.29 is 19.1 Å². The molecule has 1 heterocycles. The molecule has 0 saturated carbocycles. The number of ether oxygens (including phenoxy) is 2. The van der Waals surface area contributed by atoms with E-state index in [1.165, 1.54) is 7.11 Å². The van der Waals surface area contributed by atoms with Crippen LogP contribution in [-0.2, 0) is 14.3 Å². The first kappa shape index (κ1) is 9.86. The minimum Gasteiger partial charge on any atom is -0.467 e. The summed E-state index contributed by atoms with van der Waals surface area (Å²) in [6, 6.07) is 8.74. The molecule has 2 unspecified atom stereocenters. The number of methoxy groups -OCH3 is 1. The molecular weight excluding hydrogens is 196 g/mol. The maximum absolute atomic E-state index is 11.7. The van der Waals surface area contributed by atoms with E-state index in [1.54, 1.807) is 24.3 Å². The van der Waals surface area contributed by atoms with E-state index in [1.807, 2.05) is 6.07 Å². The fourth-order valence-electron chi connectivity index (χ4n) is 1.37. The zero-order valence-electron chi connectivity index (χ0n) is 8.17. The Balaban J connectivity index is 2.04. The normalized spacial score (nSPS) is 23.3. The lowest BCUT2D eigenvalue weighted by atomic mass is 10.1. The summed E-state index contributed by atoms with van der Waals surface area (Å²) in [5, 5.41) is 0. The minimum atomic E-state index is -0.720. The fourth-order valence-corrected chi connectivity index (χ4v) is 1.37. The highest BCUT2D eigenvalue weighted by atomic mass is 16.6. The van der Waals surface area contributed by atoms with Crippen LogP contribution in [0, 0.1) is 0 Å². The Labute approximate surface area is 86.8 Å². The van der Waals surface area contributed by atoms with Crippen molar-refractivity contribution in [3.63, 3.8) is 0 Å². The van der Waals surface area contributed by atoms with Gasteiger partial charge in [0.25, 0.3) is 0 Å². The third-order valence-corrected chi connectivity index (χ3v) is 2.24. The van der Waals surface area contributed by atoms with Crippen molar-refractivity contribution in [1.82, 2.24) is 0 Å². The van der Waals surface area contributed by atoms with Crippen LogP contribution in [0.1, 0.15) is 10.4 Å². The molecule has 1 aromatic carbocycles. The van der Waals surface area contributed by atoms with Gasteiger partial charge < -0.3 is 9.47 Å². The molecule has 4 heteroatoms. The van der Waals surface area contributed by atoms with Crippen molar-refractivity contribution in [3.8, 4) is 0 Å². The van der Waals surface area contributed by atoms with Gasteiger partial charge in [0.2, 0.25) is 0 Å². The maximum atomic E-state index is 11.7. The van der Waals surface area contributed by atoms with E-state index in [0.29, 0.717) is 5.56 Å². The van der Waals surface area contributed by atoms with Gasteiger partial charge in [0.15, 0.2) is 18.0 Å². The van der Waals surface area contributed by atoms with Crippen LogP contribution in [-0.4, -0.2) is 31.1 Å². The quantitative estimate of drug-likeness (QED) is 0.417. The topological polar surface area (TPSA) is 55.9 Å². The summed E-state index contributed by atoms with van der Waals surface area (Å²) in [7, 11) is 1.27. The number of hydrogen-bond acceptors (Lipinski definition) is 4. The van der Waals surface area contributed by atoms with Crippen molar-refractivity contribution in [2.45, 2.75) is 12.2 Å². The van der Waals surface area contributed by atoms with E-state index in [9.17, 15) is 9.59 Å². The zero-order valence-corrected chi connectivity index (χ0v) is 8.17. The first-order chi connectivity index (χ1) is 7.24. The molecule has 0 spiro atoms. The second kappa shape index (κ2) is 3.82. The lowest BCUT2D eigenvalue weighted by molar-refractivity contribution is -0.142. The van der Waals surface area contributed by atoms with Gasteiger partial charge in [0.1, 0.15) is 0 Å². The van der Waals surface area contributed by atoms with E-state index in [-0.39, 0.29) is 5.78 Å². The fraction of sp³-hybridized carbons (Fsp3) is 0.273. The predicted octanol–water partition coefficient (Wildman–Crippen LogP) is 0.810. The molecule has 1 fully saturated rings. The predicted molar refractivity (Wildman–Crippen MR) is 51.4 cm³/mol. The lowest BCUT2D eigenvalue weighted by Crippen LogP contribution is -2.17. The molecule has 1 aliphatic rings. The molecule has 0 amide bonds. The van der Waals surface area contributed by atoms with E-state index in [2.05, 4.69) is 4.74 Å². The van der Waals surface area contributed by atoms with Gasteiger partial charge in [0.05, 0.1) is 7.11 Å². The third-order valence-electron chi connectivity index (χ3n) is 2.24. The Hall–Kier alpha value is -1.68. The summed E-state index contributed by atoms with van der Waals surface area (Å²) < 4.78 is 9.44.